The van der Waals surface area contributed by atoms with Crippen LogP contribution in [0.4, 0.5) is 0 Å². The van der Waals surface area contributed by atoms with Crippen molar-refractivity contribution >= 4 is 5.91 Å². The van der Waals surface area contributed by atoms with Gasteiger partial charge >= 0.3 is 0 Å². The lowest BCUT2D eigenvalue weighted by atomic mass is 10.2. The second kappa shape index (κ2) is 7.25. The highest BCUT2D eigenvalue weighted by Gasteiger charge is 2.26. The summed E-state index contributed by atoms with van der Waals surface area (Å²) in [4.78, 5) is 15.9. The molecule has 2 fully saturated rings. The van der Waals surface area contributed by atoms with Crippen molar-refractivity contribution in [3.63, 3.8) is 0 Å². The predicted octanol–water partition coefficient (Wildman–Crippen LogP) is 1.32. The number of carbonyl (C=O) groups is 1. The van der Waals surface area contributed by atoms with Crippen molar-refractivity contribution in [1.82, 2.24) is 15.1 Å². The first-order chi connectivity index (χ1) is 9.15. The number of amides is 1. The Labute approximate surface area is 117 Å². The van der Waals surface area contributed by atoms with Crippen molar-refractivity contribution in [2.24, 2.45) is 5.92 Å². The van der Waals surface area contributed by atoms with Crippen LogP contribution in [0.25, 0.3) is 0 Å². The molecule has 1 heterocycles. The molecule has 0 aromatic carbocycles. The van der Waals surface area contributed by atoms with Crippen LogP contribution >= 0.6 is 0 Å². The van der Waals surface area contributed by atoms with Crippen LogP contribution in [0.1, 0.15) is 38.5 Å². The molecule has 1 aliphatic carbocycles. The quantitative estimate of drug-likeness (QED) is 0.720. The van der Waals surface area contributed by atoms with Gasteiger partial charge in [-0.25, -0.2) is 0 Å². The first-order valence-electron chi connectivity index (χ1n) is 7.81. The summed E-state index contributed by atoms with van der Waals surface area (Å²) >= 11 is 0. The number of hydrogen-bond acceptors (Lipinski definition) is 3. The second-order valence-electron chi connectivity index (χ2n) is 6.39. The molecule has 0 aromatic heterocycles. The summed E-state index contributed by atoms with van der Waals surface area (Å²) in [5.74, 6) is 1.19. The largest absolute Gasteiger partial charge is 0.349 e. The third-order valence-electron chi connectivity index (χ3n) is 4.22. The average Bonchev–Trinajstić information content (AvgIpc) is 3.03. The van der Waals surface area contributed by atoms with Gasteiger partial charge in [0.2, 0.25) is 5.91 Å². The molecule has 1 saturated carbocycles. The summed E-state index contributed by atoms with van der Waals surface area (Å²) in [7, 11) is 3.68. The molecule has 19 heavy (non-hydrogen) atoms. The number of nitrogens with one attached hydrogen (secondary N) is 1. The van der Waals surface area contributed by atoms with Gasteiger partial charge in [-0.15, -0.1) is 0 Å². The Morgan fingerprint density at radius 1 is 1.21 bits per heavy atom. The average molecular weight is 267 g/mol. The molecule has 1 atom stereocenters. The van der Waals surface area contributed by atoms with Gasteiger partial charge in [0.1, 0.15) is 0 Å². The van der Waals surface area contributed by atoms with E-state index in [0.29, 0.717) is 12.5 Å². The minimum absolute atomic E-state index is 0.255. The Bertz CT molecular complexity index is 283. The molecule has 1 amide bonds. The zero-order valence-corrected chi connectivity index (χ0v) is 12.5. The van der Waals surface area contributed by atoms with Crippen LogP contribution in [-0.4, -0.2) is 62.0 Å². The first kappa shape index (κ1) is 14.8. The zero-order chi connectivity index (χ0) is 13.7. The van der Waals surface area contributed by atoms with E-state index in [1.807, 2.05) is 14.1 Å². The molecule has 0 bridgehead atoms. The Hall–Kier alpha value is -0.610. The standard InChI is InChI=1S/C15H29N3O/c1-17(2)15(19)6-4-10-18(11-13-7-8-13)12-14-5-3-9-16-14/h13-14,16H,3-12H2,1-2H3. The fraction of sp³-hybridized carbons (Fsp3) is 0.933. The van der Waals surface area contributed by atoms with E-state index in [1.165, 1.54) is 45.3 Å². The van der Waals surface area contributed by atoms with E-state index in [2.05, 4.69) is 10.2 Å². The van der Waals surface area contributed by atoms with Crippen molar-refractivity contribution < 1.29 is 4.79 Å². The fourth-order valence-electron chi connectivity index (χ4n) is 2.82. The van der Waals surface area contributed by atoms with Gasteiger partial charge < -0.3 is 15.1 Å². The molecule has 0 radical (unpaired) electrons. The molecule has 4 nitrogen and oxygen atoms in total. The lowest BCUT2D eigenvalue weighted by Crippen LogP contribution is -2.39. The van der Waals surface area contributed by atoms with Gasteiger partial charge in [-0.05, 0) is 51.1 Å². The third-order valence-corrected chi connectivity index (χ3v) is 4.22. The number of hydrogen-bond donors (Lipinski definition) is 1. The van der Waals surface area contributed by atoms with Crippen LogP contribution < -0.4 is 5.32 Å². The summed E-state index contributed by atoms with van der Waals surface area (Å²) in [5.41, 5.74) is 0. The molecule has 110 valence electrons. The molecule has 1 N–H and O–H groups in total. The number of nitrogens with zero attached hydrogens (tertiary/aromatic N) is 2. The van der Waals surface area contributed by atoms with Gasteiger partial charge in [-0.2, -0.15) is 0 Å². The maximum absolute atomic E-state index is 11.6. The SMILES string of the molecule is CN(C)C(=O)CCCN(CC1CC1)CC1CCCN1. The van der Waals surface area contributed by atoms with Crippen LogP contribution in [0.2, 0.25) is 0 Å². The van der Waals surface area contributed by atoms with Crippen LogP contribution in [0, 0.1) is 5.92 Å². The minimum Gasteiger partial charge on any atom is -0.349 e. The van der Waals surface area contributed by atoms with Gasteiger partial charge in [0.15, 0.2) is 0 Å². The molecule has 2 aliphatic rings. The molecule has 1 aliphatic heterocycles. The van der Waals surface area contributed by atoms with Gasteiger partial charge in [-0.3, -0.25) is 4.79 Å². The summed E-state index contributed by atoms with van der Waals surface area (Å²) in [5, 5.41) is 3.58. The van der Waals surface area contributed by atoms with Crippen molar-refractivity contribution in [2.45, 2.75) is 44.6 Å². The van der Waals surface area contributed by atoms with Gasteiger partial charge in [-0.1, -0.05) is 0 Å². The lowest BCUT2D eigenvalue weighted by Gasteiger charge is -2.25. The Morgan fingerprint density at radius 3 is 2.58 bits per heavy atom. The lowest BCUT2D eigenvalue weighted by molar-refractivity contribution is -0.128. The van der Waals surface area contributed by atoms with Crippen molar-refractivity contribution in [1.29, 1.82) is 0 Å². The van der Waals surface area contributed by atoms with Crippen molar-refractivity contribution in [2.75, 3.05) is 40.3 Å². The van der Waals surface area contributed by atoms with E-state index in [4.69, 9.17) is 0 Å². The first-order valence-corrected chi connectivity index (χ1v) is 7.81. The Kier molecular flexibility index (Phi) is 5.64. The summed E-state index contributed by atoms with van der Waals surface area (Å²) < 4.78 is 0. The van der Waals surface area contributed by atoms with Gasteiger partial charge in [0.05, 0.1) is 0 Å². The highest BCUT2D eigenvalue weighted by atomic mass is 16.2. The molecule has 4 heteroatoms. The number of rotatable bonds is 8. The summed E-state index contributed by atoms with van der Waals surface area (Å²) in [6.45, 7) is 4.68. The van der Waals surface area contributed by atoms with Crippen LogP contribution in [-0.2, 0) is 4.79 Å². The van der Waals surface area contributed by atoms with E-state index in [-0.39, 0.29) is 5.91 Å². The van der Waals surface area contributed by atoms with Crippen LogP contribution in [0.15, 0.2) is 0 Å². The van der Waals surface area contributed by atoms with E-state index < -0.39 is 0 Å². The monoisotopic (exact) mass is 267 g/mol. The Balaban J connectivity index is 1.68. The molecular weight excluding hydrogens is 238 g/mol. The maximum atomic E-state index is 11.6. The van der Waals surface area contributed by atoms with Crippen LogP contribution in [0.5, 0.6) is 0 Å². The highest BCUT2D eigenvalue weighted by Crippen LogP contribution is 2.30. The predicted molar refractivity (Wildman–Crippen MR) is 78.1 cm³/mol. The highest BCUT2D eigenvalue weighted by molar-refractivity contribution is 5.75. The van der Waals surface area contributed by atoms with E-state index >= 15 is 0 Å². The summed E-state index contributed by atoms with van der Waals surface area (Å²) in [6, 6.07) is 0.684. The van der Waals surface area contributed by atoms with Crippen LogP contribution in [0.3, 0.4) is 0 Å². The topological polar surface area (TPSA) is 35.6 Å². The van der Waals surface area contributed by atoms with E-state index in [9.17, 15) is 4.79 Å². The maximum Gasteiger partial charge on any atom is 0.222 e. The molecular formula is C15H29N3O. The minimum atomic E-state index is 0.255. The summed E-state index contributed by atoms with van der Waals surface area (Å²) in [6.07, 6.45) is 7.14. The third kappa shape index (κ3) is 5.49. The van der Waals surface area contributed by atoms with E-state index in [1.54, 1.807) is 4.90 Å². The molecule has 1 unspecified atom stereocenters. The van der Waals surface area contributed by atoms with Gasteiger partial charge in [0, 0.05) is 39.6 Å². The molecule has 0 spiro atoms. The number of carbonyl (C=O) groups excluding carboxylic acids is 1. The van der Waals surface area contributed by atoms with Gasteiger partial charge in [0.25, 0.3) is 0 Å². The molecule has 1 saturated heterocycles. The fourth-order valence-corrected chi connectivity index (χ4v) is 2.82. The normalized spacial score (nSPS) is 23.0. The zero-order valence-electron chi connectivity index (χ0n) is 12.5. The van der Waals surface area contributed by atoms with Crippen molar-refractivity contribution in [3.8, 4) is 0 Å². The van der Waals surface area contributed by atoms with Crippen molar-refractivity contribution in [3.05, 3.63) is 0 Å². The van der Waals surface area contributed by atoms with E-state index in [0.717, 1.165) is 18.9 Å². The second-order valence-corrected chi connectivity index (χ2v) is 6.39. The smallest absolute Gasteiger partial charge is 0.222 e. The molecule has 0 aromatic rings. The molecule has 2 rings (SSSR count). The Morgan fingerprint density at radius 2 is 2.00 bits per heavy atom.